The van der Waals surface area contributed by atoms with Crippen LogP contribution < -0.4 is 10.3 Å². The first-order valence-electron chi connectivity index (χ1n) is 10.6. The fourth-order valence-corrected chi connectivity index (χ4v) is 5.52. The molecular weight excluding hydrogens is 396 g/mol. The number of likely N-dealkylation sites (tertiary alicyclic amines) is 1. The van der Waals surface area contributed by atoms with Crippen LogP contribution in [-0.4, -0.2) is 23.2 Å². The van der Waals surface area contributed by atoms with Gasteiger partial charge in [0.2, 0.25) is 5.43 Å². The zero-order chi connectivity index (χ0) is 20.7. The third-order valence-corrected chi connectivity index (χ3v) is 7.11. The van der Waals surface area contributed by atoms with E-state index >= 15 is 0 Å². The van der Waals surface area contributed by atoms with E-state index in [4.69, 9.17) is 4.42 Å². The lowest BCUT2D eigenvalue weighted by Crippen LogP contribution is -3.10. The number of thiazole rings is 1. The average Bonchev–Trinajstić information content (AvgIpc) is 2.98. The predicted molar refractivity (Wildman–Crippen MR) is 120 cm³/mol. The van der Waals surface area contributed by atoms with E-state index in [1.54, 1.807) is 12.1 Å². The molecule has 1 aliphatic heterocycles. The lowest BCUT2D eigenvalue weighted by atomic mass is 10.1. The van der Waals surface area contributed by atoms with E-state index in [0.29, 0.717) is 33.8 Å². The molecule has 2 N–H and O–H groups in total. The van der Waals surface area contributed by atoms with Crippen LogP contribution in [0.2, 0.25) is 0 Å². The first-order chi connectivity index (χ1) is 14.6. The molecule has 2 aromatic carbocycles. The van der Waals surface area contributed by atoms with Crippen molar-refractivity contribution in [1.29, 1.82) is 0 Å². The summed E-state index contributed by atoms with van der Waals surface area (Å²) in [6.45, 7) is 4.66. The Kier molecular flexibility index (Phi) is 5.05. The number of fused-ring (bicyclic) bond motifs is 2. The van der Waals surface area contributed by atoms with Crippen molar-refractivity contribution in [3.05, 3.63) is 57.9 Å². The Balaban J connectivity index is 1.64. The number of aromatic nitrogens is 1. The van der Waals surface area contributed by atoms with Gasteiger partial charge >= 0.3 is 0 Å². The molecule has 1 aliphatic rings. The Morgan fingerprint density at radius 3 is 2.63 bits per heavy atom. The lowest BCUT2D eigenvalue weighted by molar-refractivity contribution is -0.913. The second-order valence-corrected chi connectivity index (χ2v) is 9.16. The molecule has 0 atom stereocenters. The van der Waals surface area contributed by atoms with Crippen LogP contribution in [0.3, 0.4) is 0 Å². The van der Waals surface area contributed by atoms with Gasteiger partial charge in [0.05, 0.1) is 39.8 Å². The molecule has 2 aromatic heterocycles. The summed E-state index contributed by atoms with van der Waals surface area (Å²) in [5, 5.41) is 11.8. The highest BCUT2D eigenvalue weighted by Gasteiger charge is 2.23. The fraction of sp³-hybridized carbons (Fsp3) is 0.333. The average molecular weight is 422 g/mol. The van der Waals surface area contributed by atoms with Crippen molar-refractivity contribution in [1.82, 2.24) is 4.98 Å². The molecule has 3 heterocycles. The van der Waals surface area contributed by atoms with Crippen LogP contribution in [0.4, 0.5) is 0 Å². The van der Waals surface area contributed by atoms with Gasteiger partial charge in [-0.15, -0.1) is 11.3 Å². The van der Waals surface area contributed by atoms with Crippen molar-refractivity contribution < 1.29 is 14.4 Å². The van der Waals surface area contributed by atoms with Gasteiger partial charge in [-0.3, -0.25) is 4.79 Å². The van der Waals surface area contributed by atoms with Crippen molar-refractivity contribution in [2.24, 2.45) is 0 Å². The summed E-state index contributed by atoms with van der Waals surface area (Å²) >= 11 is 1.50. The maximum atomic E-state index is 13.5. The van der Waals surface area contributed by atoms with Crippen LogP contribution in [0, 0.1) is 6.92 Å². The molecule has 6 heteroatoms. The van der Waals surface area contributed by atoms with Gasteiger partial charge in [0.1, 0.15) is 23.1 Å². The van der Waals surface area contributed by atoms with E-state index < -0.39 is 0 Å². The summed E-state index contributed by atoms with van der Waals surface area (Å²) in [5.41, 5.74) is 2.56. The molecule has 0 bridgehead atoms. The van der Waals surface area contributed by atoms with Gasteiger partial charge in [-0.05, 0) is 56.9 Å². The molecule has 0 amide bonds. The number of aromatic hydroxyl groups is 1. The molecule has 0 radical (unpaired) electrons. The summed E-state index contributed by atoms with van der Waals surface area (Å²) in [6.07, 6.45) is 4.94. The van der Waals surface area contributed by atoms with Gasteiger partial charge in [0.25, 0.3) is 0 Å². The largest absolute Gasteiger partial charge is 0.507 e. The van der Waals surface area contributed by atoms with Crippen LogP contribution in [-0.2, 0) is 6.54 Å². The first kappa shape index (κ1) is 19.3. The first-order valence-corrected chi connectivity index (χ1v) is 11.4. The Morgan fingerprint density at radius 2 is 1.87 bits per heavy atom. The minimum Gasteiger partial charge on any atom is -0.507 e. The zero-order valence-electron chi connectivity index (χ0n) is 17.0. The molecule has 4 aromatic rings. The number of phenolic OH excluding ortho intramolecular Hbond substituents is 1. The summed E-state index contributed by atoms with van der Waals surface area (Å²) in [4.78, 5) is 19.6. The molecule has 30 heavy (non-hydrogen) atoms. The molecule has 0 spiro atoms. The fourth-order valence-electron chi connectivity index (χ4n) is 4.46. The van der Waals surface area contributed by atoms with Crippen molar-refractivity contribution in [2.75, 3.05) is 13.1 Å². The van der Waals surface area contributed by atoms with Gasteiger partial charge in [-0.2, -0.15) is 0 Å². The SMILES string of the molecule is Cc1oc2c(C[NH+]3CCCCCC3)c(O)ccc2c(=O)c1-c1nc2ccccc2s1. The van der Waals surface area contributed by atoms with E-state index in [1.807, 2.05) is 31.2 Å². The molecule has 0 saturated carbocycles. The normalized spacial score (nSPS) is 15.6. The van der Waals surface area contributed by atoms with Gasteiger partial charge in [-0.1, -0.05) is 12.1 Å². The topological polar surface area (TPSA) is 67.8 Å². The lowest BCUT2D eigenvalue weighted by Gasteiger charge is -2.18. The maximum absolute atomic E-state index is 13.5. The van der Waals surface area contributed by atoms with Crippen molar-refractivity contribution in [3.63, 3.8) is 0 Å². The number of quaternary nitrogens is 1. The molecule has 1 saturated heterocycles. The summed E-state index contributed by atoms with van der Waals surface area (Å²) in [6, 6.07) is 11.2. The van der Waals surface area contributed by atoms with Gasteiger partial charge < -0.3 is 14.4 Å². The monoisotopic (exact) mass is 421 g/mol. The summed E-state index contributed by atoms with van der Waals surface area (Å²) in [5.74, 6) is 0.749. The van der Waals surface area contributed by atoms with Crippen LogP contribution >= 0.6 is 11.3 Å². The number of nitrogens with zero attached hydrogens (tertiary/aromatic N) is 1. The van der Waals surface area contributed by atoms with E-state index in [-0.39, 0.29) is 11.2 Å². The van der Waals surface area contributed by atoms with E-state index in [1.165, 1.54) is 41.9 Å². The molecule has 0 unspecified atom stereocenters. The van der Waals surface area contributed by atoms with Crippen LogP contribution in [0.25, 0.3) is 31.8 Å². The molecular formula is C24H25N2O3S+. The molecule has 5 rings (SSSR count). The number of hydrogen-bond acceptors (Lipinski definition) is 5. The van der Waals surface area contributed by atoms with E-state index in [2.05, 4.69) is 4.98 Å². The highest BCUT2D eigenvalue weighted by molar-refractivity contribution is 7.21. The quantitative estimate of drug-likeness (QED) is 0.524. The Hall–Kier alpha value is -2.70. The van der Waals surface area contributed by atoms with Gasteiger partial charge in [0, 0.05) is 0 Å². The van der Waals surface area contributed by atoms with E-state index in [0.717, 1.165) is 28.9 Å². The minimum atomic E-state index is -0.0834. The number of nitrogens with one attached hydrogen (secondary N) is 1. The number of aryl methyl sites for hydroxylation is 1. The third kappa shape index (κ3) is 3.40. The van der Waals surface area contributed by atoms with Crippen LogP contribution in [0.15, 0.2) is 45.6 Å². The Bertz CT molecular complexity index is 1250. The van der Waals surface area contributed by atoms with E-state index in [9.17, 15) is 9.90 Å². The van der Waals surface area contributed by atoms with Crippen molar-refractivity contribution in [3.8, 4) is 16.3 Å². The van der Waals surface area contributed by atoms with Crippen molar-refractivity contribution in [2.45, 2.75) is 39.2 Å². The minimum absolute atomic E-state index is 0.0834. The summed E-state index contributed by atoms with van der Waals surface area (Å²) in [7, 11) is 0. The van der Waals surface area contributed by atoms with Crippen LogP contribution in [0.5, 0.6) is 5.75 Å². The highest BCUT2D eigenvalue weighted by Crippen LogP contribution is 2.33. The summed E-state index contributed by atoms with van der Waals surface area (Å²) < 4.78 is 7.25. The smallest absolute Gasteiger partial charge is 0.203 e. The molecule has 0 aliphatic carbocycles. The number of benzene rings is 2. The highest BCUT2D eigenvalue weighted by atomic mass is 32.1. The molecule has 1 fully saturated rings. The number of hydrogen-bond donors (Lipinski definition) is 2. The van der Waals surface area contributed by atoms with Crippen molar-refractivity contribution >= 4 is 32.5 Å². The molecule has 5 nitrogen and oxygen atoms in total. The second-order valence-electron chi connectivity index (χ2n) is 8.13. The Labute approximate surface area is 178 Å². The number of para-hydroxylation sites is 1. The number of rotatable bonds is 3. The van der Waals surface area contributed by atoms with Gasteiger partial charge in [0.15, 0.2) is 5.58 Å². The second kappa shape index (κ2) is 7.85. The number of phenols is 1. The standard InChI is InChI=1S/C24H24N2O3S/c1-15-21(24-25-18-8-4-5-9-20(18)30-24)22(28)16-10-11-19(27)17(23(16)29-15)14-26-12-6-2-3-7-13-26/h4-5,8-11,27H,2-3,6-7,12-14H2,1H3/p+1. The molecule has 154 valence electrons. The zero-order valence-corrected chi connectivity index (χ0v) is 17.8. The third-order valence-electron chi connectivity index (χ3n) is 6.06. The van der Waals surface area contributed by atoms with Crippen LogP contribution in [0.1, 0.15) is 37.0 Å². The Morgan fingerprint density at radius 1 is 1.10 bits per heavy atom. The predicted octanol–water partition coefficient (Wildman–Crippen LogP) is 4.04. The van der Waals surface area contributed by atoms with Gasteiger partial charge in [-0.25, -0.2) is 4.98 Å². The maximum Gasteiger partial charge on any atom is 0.203 e.